The Morgan fingerprint density at radius 2 is 1.94 bits per heavy atom. The van der Waals surface area contributed by atoms with E-state index in [0.29, 0.717) is 22.4 Å². The molecular formula is C26H22N4O4. The second-order valence-corrected chi connectivity index (χ2v) is 8.22. The van der Waals surface area contributed by atoms with Gasteiger partial charge in [0.05, 0.1) is 29.8 Å². The van der Waals surface area contributed by atoms with Gasteiger partial charge in [-0.15, -0.1) is 0 Å². The zero-order valence-electron chi connectivity index (χ0n) is 18.9. The van der Waals surface area contributed by atoms with E-state index in [1.54, 1.807) is 49.8 Å². The van der Waals surface area contributed by atoms with Crippen LogP contribution in [0.1, 0.15) is 28.3 Å². The lowest BCUT2D eigenvalue weighted by Gasteiger charge is -2.22. The number of methoxy groups -OCH3 is 1. The molecule has 170 valence electrons. The molecule has 3 heterocycles. The van der Waals surface area contributed by atoms with E-state index in [1.165, 1.54) is 4.90 Å². The highest BCUT2D eigenvalue weighted by Gasteiger charge is 2.48. The molecule has 0 saturated carbocycles. The number of aryl methyl sites for hydroxylation is 2. The molecule has 0 spiro atoms. The Labute approximate surface area is 195 Å². The van der Waals surface area contributed by atoms with Gasteiger partial charge in [0, 0.05) is 18.0 Å². The molecule has 1 unspecified atom stereocenters. The van der Waals surface area contributed by atoms with Gasteiger partial charge in [-0.05, 0) is 66.9 Å². The highest BCUT2D eigenvalue weighted by molar-refractivity contribution is 6.51. The smallest absolute Gasteiger partial charge is 0.302 e. The number of hydrogen-bond acceptors (Lipinski definition) is 6. The van der Waals surface area contributed by atoms with Gasteiger partial charge >= 0.3 is 5.91 Å². The summed E-state index contributed by atoms with van der Waals surface area (Å²) in [5.74, 6) is -0.972. The number of carbonyl (C=O) groups is 2. The number of aromatic nitrogens is 3. The number of pyridine rings is 1. The summed E-state index contributed by atoms with van der Waals surface area (Å²) in [5.41, 5.74) is 4.18. The number of ketones is 1. The first kappa shape index (κ1) is 21.4. The second-order valence-electron chi connectivity index (χ2n) is 8.22. The Kier molecular flexibility index (Phi) is 5.13. The van der Waals surface area contributed by atoms with Crippen LogP contribution < -0.4 is 9.64 Å². The highest BCUT2D eigenvalue weighted by Crippen LogP contribution is 2.41. The first-order valence-corrected chi connectivity index (χ1v) is 10.7. The lowest BCUT2D eigenvalue weighted by Crippen LogP contribution is -2.30. The van der Waals surface area contributed by atoms with Crippen LogP contribution in [-0.2, 0) is 9.59 Å². The van der Waals surface area contributed by atoms with Gasteiger partial charge in [-0.2, -0.15) is 0 Å². The number of ether oxygens (including phenoxy) is 1. The number of aromatic amines is 1. The molecule has 0 bridgehead atoms. The van der Waals surface area contributed by atoms with Crippen LogP contribution >= 0.6 is 0 Å². The van der Waals surface area contributed by atoms with E-state index >= 15 is 0 Å². The Balaban J connectivity index is 1.71. The third-order valence-electron chi connectivity index (χ3n) is 5.97. The van der Waals surface area contributed by atoms with E-state index in [1.807, 2.05) is 32.0 Å². The van der Waals surface area contributed by atoms with Crippen LogP contribution in [0.25, 0.3) is 16.8 Å². The van der Waals surface area contributed by atoms with Crippen LogP contribution in [0.2, 0.25) is 0 Å². The Morgan fingerprint density at radius 1 is 1.12 bits per heavy atom. The largest absolute Gasteiger partial charge is 0.507 e. The number of H-pyrrole nitrogens is 1. The summed E-state index contributed by atoms with van der Waals surface area (Å²) < 4.78 is 5.30. The topological polar surface area (TPSA) is 108 Å². The molecule has 5 rings (SSSR count). The number of aliphatic hydroxyl groups excluding tert-OH is 1. The first-order valence-electron chi connectivity index (χ1n) is 10.7. The summed E-state index contributed by atoms with van der Waals surface area (Å²) in [6, 6.07) is 13.3. The summed E-state index contributed by atoms with van der Waals surface area (Å²) in [6.07, 6.45) is 3.18. The molecule has 1 aliphatic heterocycles. The van der Waals surface area contributed by atoms with Crippen LogP contribution in [-0.4, -0.2) is 38.9 Å². The maximum atomic E-state index is 13.3. The van der Waals surface area contributed by atoms with Crippen LogP contribution in [0.15, 0.2) is 66.5 Å². The van der Waals surface area contributed by atoms with Crippen molar-refractivity contribution in [3.63, 3.8) is 0 Å². The van der Waals surface area contributed by atoms with Crippen LogP contribution in [0.4, 0.5) is 5.95 Å². The van der Waals surface area contributed by atoms with Gasteiger partial charge in [0.15, 0.2) is 0 Å². The number of carbonyl (C=O) groups excluding carboxylic acids is 2. The van der Waals surface area contributed by atoms with Crippen molar-refractivity contribution < 1.29 is 19.4 Å². The number of Topliss-reactive ketones (excluding diaryl/α,β-unsaturated/α-hetero) is 1. The molecule has 1 atom stereocenters. The molecule has 2 aromatic carbocycles. The van der Waals surface area contributed by atoms with Gasteiger partial charge in [-0.25, -0.2) is 4.98 Å². The summed E-state index contributed by atoms with van der Waals surface area (Å²) in [4.78, 5) is 39.7. The number of amides is 1. The number of anilines is 1. The summed E-state index contributed by atoms with van der Waals surface area (Å²) >= 11 is 0. The molecule has 0 aliphatic carbocycles. The van der Waals surface area contributed by atoms with Gasteiger partial charge in [-0.3, -0.25) is 19.5 Å². The number of benzene rings is 2. The number of aliphatic hydroxyl groups is 1. The van der Waals surface area contributed by atoms with Gasteiger partial charge < -0.3 is 14.8 Å². The lowest BCUT2D eigenvalue weighted by molar-refractivity contribution is -0.132. The zero-order chi connectivity index (χ0) is 24.0. The third-order valence-corrected chi connectivity index (χ3v) is 5.97. The minimum Gasteiger partial charge on any atom is -0.507 e. The fraction of sp³-hybridized carbons (Fsp3) is 0.154. The highest BCUT2D eigenvalue weighted by atomic mass is 16.5. The van der Waals surface area contributed by atoms with Crippen molar-refractivity contribution in [1.82, 2.24) is 15.0 Å². The molecule has 2 N–H and O–H groups in total. The second kappa shape index (κ2) is 8.15. The van der Waals surface area contributed by atoms with Crippen molar-refractivity contribution in [2.75, 3.05) is 12.0 Å². The van der Waals surface area contributed by atoms with Gasteiger partial charge in [0.25, 0.3) is 5.78 Å². The van der Waals surface area contributed by atoms with Crippen molar-refractivity contribution in [2.24, 2.45) is 0 Å². The summed E-state index contributed by atoms with van der Waals surface area (Å²) in [6.45, 7) is 3.79. The van der Waals surface area contributed by atoms with Crippen molar-refractivity contribution in [1.29, 1.82) is 0 Å². The van der Waals surface area contributed by atoms with Crippen molar-refractivity contribution in [3.05, 3.63) is 88.8 Å². The van der Waals surface area contributed by atoms with E-state index in [0.717, 1.165) is 16.6 Å². The van der Waals surface area contributed by atoms with Gasteiger partial charge in [0.1, 0.15) is 11.5 Å². The molecular weight excluding hydrogens is 432 g/mol. The average Bonchev–Trinajstić information content (AvgIpc) is 3.37. The van der Waals surface area contributed by atoms with Crippen molar-refractivity contribution in [2.45, 2.75) is 19.9 Å². The summed E-state index contributed by atoms with van der Waals surface area (Å²) in [7, 11) is 1.56. The number of hydrogen-bond donors (Lipinski definition) is 2. The van der Waals surface area contributed by atoms with E-state index in [9.17, 15) is 14.7 Å². The monoisotopic (exact) mass is 454 g/mol. The Hall–Kier alpha value is -4.46. The van der Waals surface area contributed by atoms with Crippen LogP contribution in [0.5, 0.6) is 5.75 Å². The maximum absolute atomic E-state index is 13.3. The number of nitrogens with zero attached hydrogens (tertiary/aromatic N) is 3. The van der Waals surface area contributed by atoms with E-state index < -0.39 is 17.7 Å². The van der Waals surface area contributed by atoms with Crippen LogP contribution in [0.3, 0.4) is 0 Å². The standard InChI is InChI=1S/C26H22N4O4/c1-14-6-8-18-19(11-14)29-26(28-18)30-22(17-5-4-10-27-13-17)21(24(32)25(30)33)23(31)16-7-9-20(34-3)15(2)12-16/h4-13,22,31H,1-3H3,(H,28,29)/b23-21+. The first-order chi connectivity index (χ1) is 16.4. The molecule has 0 radical (unpaired) electrons. The van der Waals surface area contributed by atoms with E-state index in [4.69, 9.17) is 4.74 Å². The van der Waals surface area contributed by atoms with Gasteiger partial charge in [-0.1, -0.05) is 12.1 Å². The maximum Gasteiger partial charge on any atom is 0.302 e. The fourth-order valence-corrected chi connectivity index (χ4v) is 4.31. The van der Waals surface area contributed by atoms with Gasteiger partial charge in [0.2, 0.25) is 5.95 Å². The molecule has 34 heavy (non-hydrogen) atoms. The minimum absolute atomic E-state index is 0.0285. The normalized spacial score (nSPS) is 17.5. The average molecular weight is 454 g/mol. The molecule has 1 fully saturated rings. The number of fused-ring (bicyclic) bond motifs is 1. The quantitative estimate of drug-likeness (QED) is 0.272. The molecule has 4 aromatic rings. The lowest BCUT2D eigenvalue weighted by atomic mass is 9.96. The Morgan fingerprint density at radius 3 is 2.65 bits per heavy atom. The molecule has 8 nitrogen and oxygen atoms in total. The number of rotatable bonds is 4. The van der Waals surface area contributed by atoms with E-state index in [2.05, 4.69) is 15.0 Å². The number of imidazole rings is 1. The fourth-order valence-electron chi connectivity index (χ4n) is 4.31. The number of nitrogens with one attached hydrogen (secondary N) is 1. The molecule has 1 amide bonds. The predicted molar refractivity (Wildman–Crippen MR) is 128 cm³/mol. The Bertz CT molecular complexity index is 1470. The molecule has 2 aromatic heterocycles. The molecule has 1 saturated heterocycles. The van der Waals surface area contributed by atoms with Crippen molar-refractivity contribution >= 4 is 34.4 Å². The zero-order valence-corrected chi connectivity index (χ0v) is 18.9. The SMILES string of the molecule is COc1ccc(/C(O)=C2\C(=O)C(=O)N(c3nc4ccc(C)cc4[nH]3)C2c2cccnc2)cc1C. The van der Waals surface area contributed by atoms with Crippen LogP contribution in [0, 0.1) is 13.8 Å². The molecule has 1 aliphatic rings. The van der Waals surface area contributed by atoms with E-state index in [-0.39, 0.29) is 17.3 Å². The third kappa shape index (κ3) is 3.40. The molecule has 8 heteroatoms. The van der Waals surface area contributed by atoms with Crippen molar-refractivity contribution in [3.8, 4) is 5.75 Å². The predicted octanol–water partition coefficient (Wildman–Crippen LogP) is 4.21. The summed E-state index contributed by atoms with van der Waals surface area (Å²) in [5, 5.41) is 11.3. The minimum atomic E-state index is -0.905.